The fraction of sp³-hybridized carbons (Fsp3) is 0.778. The van der Waals surface area contributed by atoms with Crippen molar-refractivity contribution in [1.29, 1.82) is 0 Å². The minimum Gasteiger partial charge on any atom is -0.316 e. The molecule has 0 N–H and O–H groups in total. The maximum Gasteiger partial charge on any atom is 0.228 e. The van der Waals surface area contributed by atoms with Gasteiger partial charge in [0, 0.05) is 19.5 Å². The molecule has 0 amide bonds. The van der Waals surface area contributed by atoms with Crippen molar-refractivity contribution < 1.29 is 4.79 Å². The number of rotatable bonds is 1. The molecule has 0 aliphatic carbocycles. The highest BCUT2D eigenvalue weighted by atomic mass is 16.1. The van der Waals surface area contributed by atoms with Gasteiger partial charge in [0.15, 0.2) is 0 Å². The fourth-order valence-corrected chi connectivity index (χ4v) is 1.67. The van der Waals surface area contributed by atoms with Gasteiger partial charge in [0.25, 0.3) is 0 Å². The Hall–Kier alpha value is -0.880. The third-order valence-electron chi connectivity index (χ3n) is 2.44. The molecule has 0 spiro atoms. The largest absolute Gasteiger partial charge is 0.316 e. The van der Waals surface area contributed by atoms with Crippen molar-refractivity contribution in [3.8, 4) is 0 Å². The summed E-state index contributed by atoms with van der Waals surface area (Å²) in [6, 6.07) is 0. The molecule has 0 saturated carbocycles. The van der Waals surface area contributed by atoms with Gasteiger partial charge in [-0.2, -0.15) is 0 Å². The molecule has 1 saturated heterocycles. The first-order chi connectivity index (χ1) is 5.58. The Balaban J connectivity index is 2.72. The molecule has 1 heterocycles. The molecule has 0 aromatic heterocycles. The van der Waals surface area contributed by atoms with E-state index >= 15 is 0 Å². The van der Waals surface area contributed by atoms with Crippen molar-refractivity contribution >= 4 is 5.78 Å². The van der Waals surface area contributed by atoms with E-state index in [2.05, 4.69) is 9.74 Å². The standard InChI is InChI=1S/C9H14N2O/c1-9(6-10-2)7-11(3)5-4-8(9)12/h4-7H2,1,3H3. The van der Waals surface area contributed by atoms with Crippen LogP contribution in [0.3, 0.4) is 0 Å². The van der Waals surface area contributed by atoms with Gasteiger partial charge in [0.1, 0.15) is 11.2 Å². The van der Waals surface area contributed by atoms with Crippen LogP contribution >= 0.6 is 0 Å². The summed E-state index contributed by atoms with van der Waals surface area (Å²) in [5.41, 5.74) is -0.408. The van der Waals surface area contributed by atoms with Crippen molar-refractivity contribution in [2.75, 3.05) is 26.7 Å². The third-order valence-corrected chi connectivity index (χ3v) is 2.44. The first-order valence-electron chi connectivity index (χ1n) is 4.13. The lowest BCUT2D eigenvalue weighted by Gasteiger charge is -2.33. The quantitative estimate of drug-likeness (QED) is 0.539. The minimum absolute atomic E-state index is 0.247. The number of carbonyl (C=O) groups is 1. The van der Waals surface area contributed by atoms with Gasteiger partial charge < -0.3 is 9.74 Å². The molecular formula is C9H14N2O. The van der Waals surface area contributed by atoms with E-state index in [9.17, 15) is 4.79 Å². The summed E-state index contributed by atoms with van der Waals surface area (Å²) >= 11 is 0. The maximum atomic E-state index is 11.5. The average Bonchev–Trinajstić information content (AvgIpc) is 1.98. The van der Waals surface area contributed by atoms with Crippen molar-refractivity contribution in [2.45, 2.75) is 13.3 Å². The molecule has 1 aliphatic heterocycles. The highest BCUT2D eigenvalue weighted by molar-refractivity contribution is 5.86. The van der Waals surface area contributed by atoms with Gasteiger partial charge in [0.05, 0.1) is 0 Å². The van der Waals surface area contributed by atoms with Crippen LogP contribution < -0.4 is 0 Å². The zero-order valence-electron chi connectivity index (χ0n) is 7.63. The second-order valence-electron chi connectivity index (χ2n) is 3.79. The second-order valence-corrected chi connectivity index (χ2v) is 3.79. The van der Waals surface area contributed by atoms with Crippen LogP contribution in [0.25, 0.3) is 4.85 Å². The third kappa shape index (κ3) is 1.64. The summed E-state index contributed by atoms with van der Waals surface area (Å²) in [4.78, 5) is 16.9. The smallest absolute Gasteiger partial charge is 0.228 e. The maximum absolute atomic E-state index is 11.5. The molecular weight excluding hydrogens is 152 g/mol. The van der Waals surface area contributed by atoms with E-state index in [1.807, 2.05) is 14.0 Å². The first-order valence-corrected chi connectivity index (χ1v) is 4.13. The summed E-state index contributed by atoms with van der Waals surface area (Å²) in [6.45, 7) is 10.6. The number of carbonyl (C=O) groups excluding carboxylic acids is 1. The van der Waals surface area contributed by atoms with E-state index in [-0.39, 0.29) is 5.78 Å². The van der Waals surface area contributed by atoms with Gasteiger partial charge in [-0.15, -0.1) is 0 Å². The van der Waals surface area contributed by atoms with Crippen molar-refractivity contribution in [2.24, 2.45) is 5.41 Å². The molecule has 1 aliphatic rings. The lowest BCUT2D eigenvalue weighted by molar-refractivity contribution is -0.131. The van der Waals surface area contributed by atoms with Gasteiger partial charge in [-0.1, -0.05) is 0 Å². The van der Waals surface area contributed by atoms with E-state index in [0.29, 0.717) is 13.0 Å². The predicted octanol–water partition coefficient (Wildman–Crippen LogP) is 0.817. The van der Waals surface area contributed by atoms with Crippen molar-refractivity contribution in [3.63, 3.8) is 0 Å². The minimum atomic E-state index is -0.408. The summed E-state index contributed by atoms with van der Waals surface area (Å²) in [5, 5.41) is 0. The SMILES string of the molecule is [C-]#[N+]CC1(C)CN(C)CCC1=O. The van der Waals surface area contributed by atoms with E-state index in [4.69, 9.17) is 6.57 Å². The second kappa shape index (κ2) is 3.24. The molecule has 66 valence electrons. The summed E-state index contributed by atoms with van der Waals surface area (Å²) in [5.74, 6) is 0.247. The van der Waals surface area contributed by atoms with Crippen LogP contribution in [0.4, 0.5) is 0 Å². The van der Waals surface area contributed by atoms with Crippen molar-refractivity contribution in [3.05, 3.63) is 11.4 Å². The Labute approximate surface area is 73.2 Å². The highest BCUT2D eigenvalue weighted by Crippen LogP contribution is 2.25. The van der Waals surface area contributed by atoms with Crippen LogP contribution in [0.5, 0.6) is 0 Å². The van der Waals surface area contributed by atoms with Gasteiger partial charge in [0.2, 0.25) is 6.54 Å². The summed E-state index contributed by atoms with van der Waals surface area (Å²) in [7, 11) is 1.99. The molecule has 12 heavy (non-hydrogen) atoms. The molecule has 1 rings (SSSR count). The van der Waals surface area contributed by atoms with Gasteiger partial charge >= 0.3 is 0 Å². The van der Waals surface area contributed by atoms with Crippen LogP contribution in [0.15, 0.2) is 0 Å². The van der Waals surface area contributed by atoms with Gasteiger partial charge in [-0.05, 0) is 14.0 Å². The Morgan fingerprint density at radius 3 is 3.00 bits per heavy atom. The fourth-order valence-electron chi connectivity index (χ4n) is 1.67. The van der Waals surface area contributed by atoms with Gasteiger partial charge in [-0.3, -0.25) is 4.79 Å². The predicted molar refractivity (Wildman–Crippen MR) is 46.7 cm³/mol. The Kier molecular flexibility index (Phi) is 2.49. The van der Waals surface area contributed by atoms with Crippen LogP contribution in [-0.2, 0) is 4.79 Å². The van der Waals surface area contributed by atoms with Crippen LogP contribution in [0.2, 0.25) is 0 Å². The number of piperidine rings is 1. The monoisotopic (exact) mass is 166 g/mol. The average molecular weight is 166 g/mol. The highest BCUT2D eigenvalue weighted by Gasteiger charge is 2.40. The van der Waals surface area contributed by atoms with E-state index in [0.717, 1.165) is 13.1 Å². The topological polar surface area (TPSA) is 24.7 Å². The molecule has 1 unspecified atom stereocenters. The Bertz CT molecular complexity index is 231. The summed E-state index contributed by atoms with van der Waals surface area (Å²) < 4.78 is 0. The molecule has 1 atom stereocenters. The molecule has 0 aromatic carbocycles. The van der Waals surface area contributed by atoms with Crippen LogP contribution in [-0.4, -0.2) is 37.4 Å². The lowest BCUT2D eigenvalue weighted by Crippen LogP contribution is -2.47. The number of likely N-dealkylation sites (tertiary alicyclic amines) is 1. The van der Waals surface area contributed by atoms with E-state index < -0.39 is 5.41 Å². The normalized spacial score (nSPS) is 31.6. The Morgan fingerprint density at radius 1 is 1.75 bits per heavy atom. The number of hydrogen-bond donors (Lipinski definition) is 0. The van der Waals surface area contributed by atoms with E-state index in [1.165, 1.54) is 0 Å². The molecule has 3 nitrogen and oxygen atoms in total. The van der Waals surface area contributed by atoms with Crippen LogP contribution in [0, 0.1) is 12.0 Å². The lowest BCUT2D eigenvalue weighted by atomic mass is 9.81. The van der Waals surface area contributed by atoms with E-state index in [1.54, 1.807) is 0 Å². The molecule has 0 bridgehead atoms. The molecule has 0 radical (unpaired) electrons. The zero-order chi connectivity index (χ0) is 9.19. The summed E-state index contributed by atoms with van der Waals surface area (Å²) in [6.07, 6.45) is 0.600. The number of hydrogen-bond acceptors (Lipinski definition) is 2. The number of nitrogens with zero attached hydrogens (tertiary/aromatic N) is 2. The zero-order valence-corrected chi connectivity index (χ0v) is 7.63. The molecule has 3 heteroatoms. The molecule has 1 fully saturated rings. The van der Waals surface area contributed by atoms with Crippen LogP contribution in [0.1, 0.15) is 13.3 Å². The number of ketones is 1. The Morgan fingerprint density at radius 2 is 2.42 bits per heavy atom. The number of Topliss-reactive ketones (excluding diaryl/α,β-unsaturated/α-hetero) is 1. The first kappa shape index (κ1) is 9.21. The van der Waals surface area contributed by atoms with Gasteiger partial charge in [-0.25, -0.2) is 6.57 Å². The molecule has 0 aromatic rings. The van der Waals surface area contributed by atoms with Crippen molar-refractivity contribution in [1.82, 2.24) is 4.90 Å².